The van der Waals surface area contributed by atoms with E-state index in [1.807, 2.05) is 24.3 Å². The number of nitriles is 2. The maximum Gasteiger partial charge on any atom is 0.192 e. The van der Waals surface area contributed by atoms with Crippen molar-refractivity contribution in [2.24, 2.45) is 5.92 Å². The van der Waals surface area contributed by atoms with E-state index in [9.17, 15) is 15.3 Å². The number of rotatable bonds is 5. The summed E-state index contributed by atoms with van der Waals surface area (Å²) in [6, 6.07) is 19.7. The van der Waals surface area contributed by atoms with Gasteiger partial charge in [-0.1, -0.05) is 24.3 Å². The molecule has 3 aromatic rings. The van der Waals surface area contributed by atoms with Gasteiger partial charge in [0, 0.05) is 18.4 Å². The first kappa shape index (κ1) is 17.3. The minimum Gasteiger partial charge on any atom is -0.497 e. The van der Waals surface area contributed by atoms with Crippen LogP contribution in [-0.2, 0) is 6.42 Å². The molecule has 0 fully saturated rings. The van der Waals surface area contributed by atoms with Gasteiger partial charge in [0.25, 0.3) is 0 Å². The Labute approximate surface area is 150 Å². The minimum atomic E-state index is -0.861. The largest absolute Gasteiger partial charge is 0.497 e. The number of para-hydroxylation sites is 1. The SMILES string of the molecule is COc1ccc(C(Cc2cc(=O)c3ccccc3o2)C(C#N)C#N)cc1. The van der Waals surface area contributed by atoms with Crippen molar-refractivity contribution >= 4 is 11.0 Å². The molecule has 3 rings (SSSR count). The van der Waals surface area contributed by atoms with Crippen molar-refractivity contribution in [2.75, 3.05) is 7.11 Å². The van der Waals surface area contributed by atoms with Gasteiger partial charge < -0.3 is 9.15 Å². The Kier molecular flexibility index (Phi) is 5.01. The topological polar surface area (TPSA) is 87.0 Å². The summed E-state index contributed by atoms with van der Waals surface area (Å²) in [5, 5.41) is 19.3. The molecule has 0 saturated carbocycles. The second-order valence-electron chi connectivity index (χ2n) is 5.89. The van der Waals surface area contributed by atoms with E-state index in [-0.39, 0.29) is 11.8 Å². The molecule has 0 saturated heterocycles. The molecule has 0 aliphatic carbocycles. The molecule has 0 bridgehead atoms. The lowest BCUT2D eigenvalue weighted by atomic mass is 9.84. The van der Waals surface area contributed by atoms with Crippen LogP contribution in [0, 0.1) is 28.6 Å². The van der Waals surface area contributed by atoms with E-state index in [0.717, 1.165) is 5.56 Å². The first-order chi connectivity index (χ1) is 12.7. The maximum absolute atomic E-state index is 12.3. The highest BCUT2D eigenvalue weighted by atomic mass is 16.5. The van der Waals surface area contributed by atoms with Crippen molar-refractivity contribution in [1.29, 1.82) is 10.5 Å². The van der Waals surface area contributed by atoms with Crippen LogP contribution in [0.15, 0.2) is 63.8 Å². The molecule has 1 unspecified atom stereocenters. The molecule has 26 heavy (non-hydrogen) atoms. The highest BCUT2D eigenvalue weighted by molar-refractivity contribution is 5.76. The lowest BCUT2D eigenvalue weighted by molar-refractivity contribution is 0.414. The van der Waals surface area contributed by atoms with Crippen molar-refractivity contribution in [3.05, 3.63) is 76.1 Å². The summed E-state index contributed by atoms with van der Waals surface area (Å²) in [7, 11) is 1.57. The number of benzene rings is 2. The van der Waals surface area contributed by atoms with E-state index in [1.165, 1.54) is 6.07 Å². The van der Waals surface area contributed by atoms with Crippen LogP contribution in [0.5, 0.6) is 5.75 Å². The van der Waals surface area contributed by atoms with E-state index >= 15 is 0 Å². The number of nitrogens with zero attached hydrogens (tertiary/aromatic N) is 2. The second-order valence-corrected chi connectivity index (χ2v) is 5.89. The van der Waals surface area contributed by atoms with Crippen LogP contribution in [0.4, 0.5) is 0 Å². The number of ether oxygens (including phenoxy) is 1. The molecular weight excluding hydrogens is 328 g/mol. The summed E-state index contributed by atoms with van der Waals surface area (Å²) in [6.45, 7) is 0. The van der Waals surface area contributed by atoms with Crippen LogP contribution in [0.1, 0.15) is 17.2 Å². The Morgan fingerprint density at radius 2 is 1.77 bits per heavy atom. The molecule has 128 valence electrons. The van der Waals surface area contributed by atoms with Gasteiger partial charge in [0.15, 0.2) is 5.43 Å². The Hall–Kier alpha value is -3.57. The summed E-state index contributed by atoms with van der Waals surface area (Å²) in [6.07, 6.45) is 0.276. The monoisotopic (exact) mass is 344 g/mol. The highest BCUT2D eigenvalue weighted by Gasteiger charge is 2.25. The molecule has 5 heteroatoms. The summed E-state index contributed by atoms with van der Waals surface area (Å²) in [5.41, 5.74) is 1.17. The summed E-state index contributed by atoms with van der Waals surface area (Å²) in [5.74, 6) is -0.138. The number of fused-ring (bicyclic) bond motifs is 1. The Morgan fingerprint density at radius 1 is 1.08 bits per heavy atom. The fourth-order valence-electron chi connectivity index (χ4n) is 2.96. The number of hydrogen-bond donors (Lipinski definition) is 0. The van der Waals surface area contributed by atoms with Gasteiger partial charge in [0.2, 0.25) is 0 Å². The van der Waals surface area contributed by atoms with E-state index in [4.69, 9.17) is 9.15 Å². The van der Waals surface area contributed by atoms with Gasteiger partial charge in [-0.2, -0.15) is 10.5 Å². The summed E-state index contributed by atoms with van der Waals surface area (Å²) >= 11 is 0. The molecule has 0 radical (unpaired) electrons. The van der Waals surface area contributed by atoms with Crippen molar-refractivity contribution in [1.82, 2.24) is 0 Å². The number of hydrogen-bond acceptors (Lipinski definition) is 5. The minimum absolute atomic E-state index is 0.138. The van der Waals surface area contributed by atoms with Crippen molar-refractivity contribution in [3.8, 4) is 17.9 Å². The predicted molar refractivity (Wildman–Crippen MR) is 96.6 cm³/mol. The Morgan fingerprint density at radius 3 is 2.42 bits per heavy atom. The van der Waals surface area contributed by atoms with Gasteiger partial charge in [0.05, 0.1) is 24.6 Å². The van der Waals surface area contributed by atoms with Gasteiger partial charge in [-0.3, -0.25) is 4.79 Å². The fourth-order valence-corrected chi connectivity index (χ4v) is 2.96. The Balaban J connectivity index is 2.02. The van der Waals surface area contributed by atoms with Gasteiger partial charge in [-0.25, -0.2) is 0 Å². The van der Waals surface area contributed by atoms with Crippen LogP contribution < -0.4 is 10.2 Å². The molecule has 1 aromatic heterocycles. The van der Waals surface area contributed by atoms with E-state index < -0.39 is 11.8 Å². The van der Waals surface area contributed by atoms with Crippen LogP contribution >= 0.6 is 0 Å². The lowest BCUT2D eigenvalue weighted by Crippen LogP contribution is -2.14. The van der Waals surface area contributed by atoms with Gasteiger partial charge in [-0.05, 0) is 29.8 Å². The third-order valence-electron chi connectivity index (χ3n) is 4.33. The Bertz CT molecular complexity index is 1040. The zero-order chi connectivity index (χ0) is 18.5. The fraction of sp³-hybridized carbons (Fsp3) is 0.190. The van der Waals surface area contributed by atoms with Crippen LogP contribution in [0.25, 0.3) is 11.0 Å². The van der Waals surface area contributed by atoms with Crippen LogP contribution in [0.3, 0.4) is 0 Å². The predicted octanol–water partition coefficient (Wildman–Crippen LogP) is 3.79. The average molecular weight is 344 g/mol. The van der Waals surface area contributed by atoms with Crippen molar-refractivity contribution < 1.29 is 9.15 Å². The normalized spacial score (nSPS) is 11.7. The van der Waals surface area contributed by atoms with Gasteiger partial charge in [-0.15, -0.1) is 0 Å². The quantitative estimate of drug-likeness (QED) is 0.703. The molecule has 0 amide bonds. The van der Waals surface area contributed by atoms with E-state index in [2.05, 4.69) is 0 Å². The van der Waals surface area contributed by atoms with E-state index in [1.54, 1.807) is 43.5 Å². The van der Waals surface area contributed by atoms with Crippen LogP contribution in [-0.4, -0.2) is 7.11 Å². The standard InChI is InChI=1S/C21H16N2O3/c1-25-16-8-6-14(7-9-16)19(15(12-22)13-23)10-17-11-20(24)18-4-2-3-5-21(18)26-17/h2-9,11,15,19H,10H2,1H3. The summed E-state index contributed by atoms with van der Waals surface area (Å²) in [4.78, 5) is 12.3. The molecule has 0 aliphatic rings. The molecule has 1 atom stereocenters. The molecule has 0 N–H and O–H groups in total. The molecule has 0 spiro atoms. The molecular formula is C21H16N2O3. The smallest absolute Gasteiger partial charge is 0.192 e. The third kappa shape index (κ3) is 3.43. The lowest BCUT2D eigenvalue weighted by Gasteiger charge is -2.18. The zero-order valence-electron chi connectivity index (χ0n) is 14.2. The molecule has 1 heterocycles. The number of methoxy groups -OCH3 is 1. The molecule has 0 aliphatic heterocycles. The second kappa shape index (κ2) is 7.55. The van der Waals surface area contributed by atoms with E-state index in [0.29, 0.717) is 22.5 Å². The first-order valence-corrected chi connectivity index (χ1v) is 8.11. The zero-order valence-corrected chi connectivity index (χ0v) is 14.2. The average Bonchev–Trinajstić information content (AvgIpc) is 2.68. The van der Waals surface area contributed by atoms with Crippen molar-refractivity contribution in [2.45, 2.75) is 12.3 Å². The highest BCUT2D eigenvalue weighted by Crippen LogP contribution is 2.30. The van der Waals surface area contributed by atoms with Crippen molar-refractivity contribution in [3.63, 3.8) is 0 Å². The third-order valence-corrected chi connectivity index (χ3v) is 4.33. The van der Waals surface area contributed by atoms with Gasteiger partial charge >= 0.3 is 0 Å². The maximum atomic E-state index is 12.3. The molecule has 5 nitrogen and oxygen atoms in total. The molecule has 2 aromatic carbocycles. The summed E-state index contributed by atoms with van der Waals surface area (Å²) < 4.78 is 11.0. The van der Waals surface area contributed by atoms with Crippen LogP contribution in [0.2, 0.25) is 0 Å². The van der Waals surface area contributed by atoms with Gasteiger partial charge in [0.1, 0.15) is 23.0 Å². The first-order valence-electron chi connectivity index (χ1n) is 8.11.